The van der Waals surface area contributed by atoms with Gasteiger partial charge >= 0.3 is 18.2 Å². The van der Waals surface area contributed by atoms with Crippen LogP contribution in [0.1, 0.15) is 43.7 Å². The van der Waals surface area contributed by atoms with E-state index in [1.807, 2.05) is 0 Å². The summed E-state index contributed by atoms with van der Waals surface area (Å²) in [6, 6.07) is 3.49. The second-order valence-corrected chi connectivity index (χ2v) is 11.2. The number of nitrogens with zero attached hydrogens (tertiary/aromatic N) is 3. The van der Waals surface area contributed by atoms with Crippen LogP contribution in [-0.2, 0) is 4.79 Å². The zero-order valence-corrected chi connectivity index (χ0v) is 23.8. The number of likely N-dealkylation sites (tertiary alicyclic amines) is 1. The predicted molar refractivity (Wildman–Crippen MR) is 148 cm³/mol. The molecule has 1 saturated heterocycles. The van der Waals surface area contributed by atoms with Crippen LogP contribution in [0.3, 0.4) is 0 Å². The number of carboxylic acids is 1. The molecule has 234 valence electrons. The van der Waals surface area contributed by atoms with Gasteiger partial charge in [-0.3, -0.25) is 4.79 Å². The lowest BCUT2D eigenvalue weighted by Gasteiger charge is -2.42. The zero-order chi connectivity index (χ0) is 31.9. The number of rotatable bonds is 10. The first-order valence-corrected chi connectivity index (χ1v) is 13.5. The lowest BCUT2D eigenvalue weighted by atomic mass is 9.93. The van der Waals surface area contributed by atoms with Gasteiger partial charge in [0.05, 0.1) is 38.7 Å². The Kier molecular flexibility index (Phi) is 8.80. The molecule has 0 spiro atoms. The van der Waals surface area contributed by atoms with Crippen molar-refractivity contribution in [2.24, 2.45) is 10.9 Å². The molecule has 2 fully saturated rings. The number of amides is 1. The minimum Gasteiger partial charge on any atom is -0.496 e. The molecule has 4 atom stereocenters. The average molecular weight is 613 g/mol. The summed E-state index contributed by atoms with van der Waals surface area (Å²) < 4.78 is 71.7. The molecule has 1 aromatic rings. The fourth-order valence-electron chi connectivity index (χ4n) is 5.39. The summed E-state index contributed by atoms with van der Waals surface area (Å²) in [6.45, 7) is 4.63. The molecule has 1 aliphatic carbocycles. The van der Waals surface area contributed by atoms with Crippen molar-refractivity contribution in [1.82, 2.24) is 15.1 Å². The maximum atomic E-state index is 13.6. The Morgan fingerprint density at radius 2 is 1.98 bits per heavy atom. The molecule has 3 N–H and O–H groups in total. The molecule has 1 aromatic carbocycles. The summed E-state index contributed by atoms with van der Waals surface area (Å²) in [5.41, 5.74) is 0.935. The van der Waals surface area contributed by atoms with Crippen molar-refractivity contribution < 1.29 is 46.5 Å². The number of carboxylic acid groups (broad SMARTS) is 2. The highest BCUT2D eigenvalue weighted by atomic mass is 19.4. The molecular weight excluding hydrogens is 579 g/mol. The van der Waals surface area contributed by atoms with Crippen molar-refractivity contribution in [1.29, 1.82) is 0 Å². The number of alkyl halides is 5. The molecule has 1 unspecified atom stereocenters. The second-order valence-electron chi connectivity index (χ2n) is 11.2. The van der Waals surface area contributed by atoms with E-state index in [0.29, 0.717) is 23.3 Å². The Bertz CT molecular complexity index is 1380. The van der Waals surface area contributed by atoms with E-state index in [1.54, 1.807) is 25.1 Å². The van der Waals surface area contributed by atoms with Gasteiger partial charge in [-0.15, -0.1) is 0 Å². The van der Waals surface area contributed by atoms with Crippen LogP contribution in [0.5, 0.6) is 5.75 Å². The number of allylic oxidation sites excluding steroid dienone is 2. The fraction of sp³-hybridized carbons (Fsp3) is 0.483. The Labute approximate surface area is 245 Å². The monoisotopic (exact) mass is 612 g/mol. The third kappa shape index (κ3) is 7.28. The van der Waals surface area contributed by atoms with E-state index in [1.165, 1.54) is 25.1 Å². The Morgan fingerprint density at radius 1 is 1.30 bits per heavy atom. The molecule has 0 bridgehead atoms. The maximum absolute atomic E-state index is 13.6. The standard InChI is InChI=1S/C29H33F5N4O5/c1-15(7-16(2)29(32,33)34)8-17(3)38(27(41)42)12-23-22(11-35-26(36-23)37-13-28(30,31)14-37)20-9-18(5-6-24(20)43-4)19-10-21(19)25(39)40/h5-7,9,11,17,19,21,23H,2,8,10,12-14H2,1,3-4H3,(H,35,36)(H,39,40)(H,41,42)/b15-7+/t17-,19+,21+,23?/m0/s1. The largest absolute Gasteiger partial charge is 0.496 e. The van der Waals surface area contributed by atoms with Gasteiger partial charge in [0.1, 0.15) is 5.75 Å². The summed E-state index contributed by atoms with van der Waals surface area (Å²) in [5, 5.41) is 22.4. The minimum absolute atomic E-state index is 0.0304. The van der Waals surface area contributed by atoms with Crippen LogP contribution in [0.15, 0.2) is 53.2 Å². The topological polar surface area (TPSA) is 115 Å². The van der Waals surface area contributed by atoms with Crippen molar-refractivity contribution in [2.75, 3.05) is 26.7 Å². The van der Waals surface area contributed by atoms with Gasteiger partial charge in [-0.25, -0.2) is 18.6 Å². The first kappa shape index (κ1) is 31.8. The van der Waals surface area contributed by atoms with E-state index in [4.69, 9.17) is 4.74 Å². The second kappa shape index (κ2) is 11.9. The Hall–Kier alpha value is -4.10. The van der Waals surface area contributed by atoms with E-state index >= 15 is 0 Å². The highest BCUT2D eigenvalue weighted by molar-refractivity contribution is 5.89. The number of nitrogens with one attached hydrogen (secondary N) is 1. The minimum atomic E-state index is -4.62. The van der Waals surface area contributed by atoms with Gasteiger partial charge in [-0.2, -0.15) is 13.2 Å². The smallest absolute Gasteiger partial charge is 0.415 e. The SMILES string of the molecule is C=C(/C=C(\C)C[C@H](C)N(CC1N=C(N2CC(F)(F)C2)NC=C1c1cc([C@H]2C[C@H]2C(=O)O)ccc1OC)C(=O)O)C(F)(F)F. The molecule has 9 nitrogen and oxygen atoms in total. The molecule has 0 aromatic heterocycles. The van der Waals surface area contributed by atoms with Crippen molar-refractivity contribution in [3.63, 3.8) is 0 Å². The molecular formula is C29H33F5N4O5. The van der Waals surface area contributed by atoms with E-state index in [9.17, 15) is 41.8 Å². The summed E-state index contributed by atoms with van der Waals surface area (Å²) in [6.07, 6.45) is -3.13. The van der Waals surface area contributed by atoms with Crippen LogP contribution in [0, 0.1) is 5.92 Å². The molecule has 14 heteroatoms. The van der Waals surface area contributed by atoms with Gasteiger partial charge in [-0.05, 0) is 50.3 Å². The first-order valence-electron chi connectivity index (χ1n) is 13.5. The molecule has 0 radical (unpaired) electrons. The van der Waals surface area contributed by atoms with E-state index in [0.717, 1.165) is 16.5 Å². The van der Waals surface area contributed by atoms with Crippen molar-refractivity contribution in [3.05, 3.63) is 59.3 Å². The van der Waals surface area contributed by atoms with Crippen molar-refractivity contribution >= 4 is 23.6 Å². The van der Waals surface area contributed by atoms with E-state index in [2.05, 4.69) is 16.9 Å². The molecule has 2 heterocycles. The van der Waals surface area contributed by atoms with Crippen molar-refractivity contribution in [3.8, 4) is 5.75 Å². The van der Waals surface area contributed by atoms with Crippen LogP contribution in [-0.4, -0.2) is 89.0 Å². The Morgan fingerprint density at radius 3 is 2.51 bits per heavy atom. The lowest BCUT2D eigenvalue weighted by Crippen LogP contribution is -2.61. The van der Waals surface area contributed by atoms with Gasteiger partial charge in [0.15, 0.2) is 5.96 Å². The average Bonchev–Trinajstić information content (AvgIpc) is 3.70. The predicted octanol–water partition coefficient (Wildman–Crippen LogP) is 5.33. The third-order valence-corrected chi connectivity index (χ3v) is 7.76. The first-order chi connectivity index (χ1) is 20.0. The number of aliphatic imine (C=N–C) groups is 1. The van der Waals surface area contributed by atoms with Gasteiger partial charge in [-0.1, -0.05) is 24.3 Å². The Balaban J connectivity index is 1.65. The number of halogens is 5. The van der Waals surface area contributed by atoms with Gasteiger partial charge < -0.3 is 30.1 Å². The van der Waals surface area contributed by atoms with Crippen LogP contribution >= 0.6 is 0 Å². The highest BCUT2D eigenvalue weighted by Crippen LogP contribution is 2.49. The van der Waals surface area contributed by atoms with Crippen LogP contribution in [0.2, 0.25) is 0 Å². The van der Waals surface area contributed by atoms with Crippen LogP contribution in [0.4, 0.5) is 26.7 Å². The summed E-state index contributed by atoms with van der Waals surface area (Å²) in [4.78, 5) is 30.8. The molecule has 3 aliphatic rings. The number of hydrogen-bond donors (Lipinski definition) is 3. The molecule has 4 rings (SSSR count). The maximum Gasteiger partial charge on any atom is 0.415 e. The number of carbonyl (C=O) groups is 2. The number of ether oxygens (including phenoxy) is 1. The number of benzene rings is 1. The van der Waals surface area contributed by atoms with Gasteiger partial charge in [0, 0.05) is 29.0 Å². The number of hydrogen-bond acceptors (Lipinski definition) is 6. The normalized spacial score (nSPS) is 23.7. The van der Waals surface area contributed by atoms with Gasteiger partial charge in [0.2, 0.25) is 0 Å². The summed E-state index contributed by atoms with van der Waals surface area (Å²) >= 11 is 0. The van der Waals surface area contributed by atoms with Crippen LogP contribution < -0.4 is 10.1 Å². The van der Waals surface area contributed by atoms with Crippen LogP contribution in [0.25, 0.3) is 5.57 Å². The molecule has 1 amide bonds. The van der Waals surface area contributed by atoms with Crippen molar-refractivity contribution in [2.45, 2.75) is 56.8 Å². The molecule has 2 aliphatic heterocycles. The third-order valence-electron chi connectivity index (χ3n) is 7.76. The number of methoxy groups -OCH3 is 1. The lowest BCUT2D eigenvalue weighted by molar-refractivity contribution is -0.138. The van der Waals surface area contributed by atoms with E-state index < -0.39 is 60.8 Å². The fourth-order valence-corrected chi connectivity index (χ4v) is 5.39. The highest BCUT2D eigenvalue weighted by Gasteiger charge is 2.47. The zero-order valence-electron chi connectivity index (χ0n) is 23.8. The summed E-state index contributed by atoms with van der Waals surface area (Å²) in [5.74, 6) is -4.01. The summed E-state index contributed by atoms with van der Waals surface area (Å²) in [7, 11) is 1.44. The molecule has 43 heavy (non-hydrogen) atoms. The van der Waals surface area contributed by atoms with Gasteiger partial charge in [0.25, 0.3) is 5.92 Å². The molecule has 1 saturated carbocycles. The number of aliphatic carboxylic acids is 1. The number of guanidine groups is 1. The quantitative estimate of drug-likeness (QED) is 0.242. The van der Waals surface area contributed by atoms with E-state index in [-0.39, 0.29) is 30.4 Å².